The molecule has 1 aliphatic heterocycles. The summed E-state index contributed by atoms with van der Waals surface area (Å²) in [5.74, 6) is 0.867. The zero-order valence-electron chi connectivity index (χ0n) is 16.8. The van der Waals surface area contributed by atoms with Gasteiger partial charge < -0.3 is 14.2 Å². The standard InChI is InChI=1S/C23H27N3O2/c1-4-6-22(27)26-14-5-7-20(26)23-24-19-15-17(10-13-21(19)28-23)16-8-11-18(12-9-16)25(2)3/h8-13,15,20H,4-7,14H2,1-3H3/t20-/m1/s1. The molecule has 1 saturated heterocycles. The van der Waals surface area contributed by atoms with Crippen LogP contribution >= 0.6 is 0 Å². The number of oxazole rings is 1. The molecule has 1 amide bonds. The Morgan fingerprint density at radius 2 is 1.93 bits per heavy atom. The number of rotatable bonds is 5. The van der Waals surface area contributed by atoms with E-state index < -0.39 is 0 Å². The maximum atomic E-state index is 12.4. The zero-order chi connectivity index (χ0) is 19.7. The van der Waals surface area contributed by atoms with E-state index in [0.717, 1.165) is 48.0 Å². The Bertz CT molecular complexity index is 975. The van der Waals surface area contributed by atoms with Crippen molar-refractivity contribution in [3.63, 3.8) is 0 Å². The predicted molar refractivity (Wildman–Crippen MR) is 112 cm³/mol. The van der Waals surface area contributed by atoms with Crippen LogP contribution in [0, 0.1) is 0 Å². The van der Waals surface area contributed by atoms with E-state index in [1.165, 1.54) is 5.69 Å². The first kappa shape index (κ1) is 18.5. The quantitative estimate of drug-likeness (QED) is 0.626. The van der Waals surface area contributed by atoms with Gasteiger partial charge in [-0.05, 0) is 54.7 Å². The van der Waals surface area contributed by atoms with Gasteiger partial charge in [-0.25, -0.2) is 4.98 Å². The molecule has 1 atom stereocenters. The molecule has 1 aromatic heterocycles. The van der Waals surface area contributed by atoms with Crippen molar-refractivity contribution >= 4 is 22.7 Å². The SMILES string of the molecule is CCCC(=O)N1CCC[C@@H]1c1nc2cc(-c3ccc(N(C)C)cc3)ccc2o1. The number of carbonyl (C=O) groups excluding carboxylic acids is 1. The van der Waals surface area contributed by atoms with E-state index in [4.69, 9.17) is 9.40 Å². The Hall–Kier alpha value is -2.82. The Balaban J connectivity index is 1.62. The van der Waals surface area contributed by atoms with Crippen LogP contribution in [0.4, 0.5) is 5.69 Å². The van der Waals surface area contributed by atoms with E-state index in [9.17, 15) is 4.79 Å². The molecule has 1 fully saturated rings. The van der Waals surface area contributed by atoms with Gasteiger partial charge in [0.15, 0.2) is 5.58 Å². The van der Waals surface area contributed by atoms with E-state index >= 15 is 0 Å². The minimum atomic E-state index is -0.0331. The fourth-order valence-corrected chi connectivity index (χ4v) is 3.90. The van der Waals surface area contributed by atoms with Crippen LogP contribution in [-0.4, -0.2) is 36.4 Å². The second kappa shape index (κ2) is 7.66. The lowest BCUT2D eigenvalue weighted by Crippen LogP contribution is -2.30. The van der Waals surface area contributed by atoms with Crippen molar-refractivity contribution in [2.24, 2.45) is 0 Å². The average Bonchev–Trinajstić information content (AvgIpc) is 3.34. The highest BCUT2D eigenvalue weighted by Crippen LogP contribution is 2.35. The molecule has 146 valence electrons. The largest absolute Gasteiger partial charge is 0.438 e. The maximum Gasteiger partial charge on any atom is 0.223 e. The third-order valence-corrected chi connectivity index (χ3v) is 5.44. The molecule has 0 unspecified atom stereocenters. The number of fused-ring (bicyclic) bond motifs is 1. The van der Waals surface area contributed by atoms with Crippen molar-refractivity contribution < 1.29 is 9.21 Å². The van der Waals surface area contributed by atoms with Crippen LogP contribution in [0.5, 0.6) is 0 Å². The Labute approximate surface area is 166 Å². The van der Waals surface area contributed by atoms with Gasteiger partial charge in [-0.1, -0.05) is 25.1 Å². The Morgan fingerprint density at radius 1 is 1.18 bits per heavy atom. The van der Waals surface area contributed by atoms with E-state index in [1.54, 1.807) is 0 Å². The molecule has 28 heavy (non-hydrogen) atoms. The molecule has 4 rings (SSSR count). The first-order valence-corrected chi connectivity index (χ1v) is 10.0. The third-order valence-electron chi connectivity index (χ3n) is 5.44. The lowest BCUT2D eigenvalue weighted by atomic mass is 10.0. The molecule has 3 aromatic rings. The van der Waals surface area contributed by atoms with Crippen molar-refractivity contribution in [3.05, 3.63) is 48.4 Å². The fourth-order valence-electron chi connectivity index (χ4n) is 3.90. The van der Waals surface area contributed by atoms with Crippen molar-refractivity contribution in [2.75, 3.05) is 25.5 Å². The molecule has 0 saturated carbocycles. The topological polar surface area (TPSA) is 49.6 Å². The minimum Gasteiger partial charge on any atom is -0.438 e. The molecule has 1 aliphatic rings. The molecule has 2 aromatic carbocycles. The Morgan fingerprint density at radius 3 is 2.64 bits per heavy atom. The second-order valence-electron chi connectivity index (χ2n) is 7.67. The lowest BCUT2D eigenvalue weighted by Gasteiger charge is -2.21. The number of likely N-dealkylation sites (tertiary alicyclic amines) is 1. The van der Waals surface area contributed by atoms with Crippen LogP contribution in [0.15, 0.2) is 46.9 Å². The molecule has 0 radical (unpaired) electrons. The summed E-state index contributed by atoms with van der Waals surface area (Å²) in [6.07, 6.45) is 3.37. The maximum absolute atomic E-state index is 12.4. The number of carbonyl (C=O) groups is 1. The van der Waals surface area contributed by atoms with Gasteiger partial charge >= 0.3 is 0 Å². The number of benzene rings is 2. The summed E-state index contributed by atoms with van der Waals surface area (Å²) in [5.41, 5.74) is 5.06. The van der Waals surface area contributed by atoms with Gasteiger partial charge in [0, 0.05) is 32.7 Å². The van der Waals surface area contributed by atoms with Crippen molar-refractivity contribution in [1.82, 2.24) is 9.88 Å². The molecular formula is C23H27N3O2. The zero-order valence-corrected chi connectivity index (χ0v) is 16.8. The van der Waals surface area contributed by atoms with Gasteiger partial charge in [0.1, 0.15) is 11.6 Å². The van der Waals surface area contributed by atoms with Crippen LogP contribution in [-0.2, 0) is 4.79 Å². The summed E-state index contributed by atoms with van der Waals surface area (Å²) < 4.78 is 6.04. The van der Waals surface area contributed by atoms with Gasteiger partial charge in [-0.3, -0.25) is 4.79 Å². The van der Waals surface area contributed by atoms with Crippen LogP contribution in [0.2, 0.25) is 0 Å². The summed E-state index contributed by atoms with van der Waals surface area (Å²) in [7, 11) is 4.07. The van der Waals surface area contributed by atoms with Gasteiger partial charge in [0.2, 0.25) is 11.8 Å². The van der Waals surface area contributed by atoms with E-state index in [0.29, 0.717) is 12.3 Å². The summed E-state index contributed by atoms with van der Waals surface area (Å²) in [4.78, 5) is 21.2. The van der Waals surface area contributed by atoms with E-state index in [2.05, 4.69) is 41.3 Å². The van der Waals surface area contributed by atoms with Crippen LogP contribution in [0.25, 0.3) is 22.2 Å². The summed E-state index contributed by atoms with van der Waals surface area (Å²) in [5, 5.41) is 0. The van der Waals surface area contributed by atoms with Crippen molar-refractivity contribution in [3.8, 4) is 11.1 Å². The molecule has 0 spiro atoms. The fraction of sp³-hybridized carbons (Fsp3) is 0.391. The molecule has 2 heterocycles. The smallest absolute Gasteiger partial charge is 0.223 e. The molecule has 0 N–H and O–H groups in total. The van der Waals surface area contributed by atoms with Gasteiger partial charge in [-0.15, -0.1) is 0 Å². The minimum absolute atomic E-state index is 0.0331. The number of amides is 1. The van der Waals surface area contributed by atoms with Crippen LogP contribution in [0.3, 0.4) is 0 Å². The highest BCUT2D eigenvalue weighted by molar-refractivity contribution is 5.81. The molecule has 5 heteroatoms. The van der Waals surface area contributed by atoms with Gasteiger partial charge in [0.25, 0.3) is 0 Å². The number of hydrogen-bond acceptors (Lipinski definition) is 4. The Kier molecular flexibility index (Phi) is 5.07. The van der Waals surface area contributed by atoms with Crippen LogP contribution in [0.1, 0.15) is 44.5 Å². The first-order valence-electron chi connectivity index (χ1n) is 10.0. The van der Waals surface area contributed by atoms with E-state index in [-0.39, 0.29) is 11.9 Å². The predicted octanol–water partition coefficient (Wildman–Crippen LogP) is 5.02. The second-order valence-corrected chi connectivity index (χ2v) is 7.67. The summed E-state index contributed by atoms with van der Waals surface area (Å²) >= 11 is 0. The number of nitrogens with zero attached hydrogens (tertiary/aromatic N) is 3. The first-order chi connectivity index (χ1) is 13.6. The third kappa shape index (κ3) is 3.49. The van der Waals surface area contributed by atoms with Crippen molar-refractivity contribution in [2.45, 2.75) is 38.6 Å². The highest BCUT2D eigenvalue weighted by Gasteiger charge is 2.33. The number of aromatic nitrogens is 1. The van der Waals surface area contributed by atoms with Gasteiger partial charge in [0.05, 0.1) is 0 Å². The number of hydrogen-bond donors (Lipinski definition) is 0. The van der Waals surface area contributed by atoms with E-state index in [1.807, 2.05) is 32.0 Å². The normalized spacial score (nSPS) is 16.7. The molecule has 0 bridgehead atoms. The summed E-state index contributed by atoms with van der Waals surface area (Å²) in [6.45, 7) is 2.83. The van der Waals surface area contributed by atoms with Crippen molar-refractivity contribution in [1.29, 1.82) is 0 Å². The highest BCUT2D eigenvalue weighted by atomic mass is 16.3. The van der Waals surface area contributed by atoms with Crippen LogP contribution < -0.4 is 4.90 Å². The molecular weight excluding hydrogens is 350 g/mol. The number of anilines is 1. The van der Waals surface area contributed by atoms with Gasteiger partial charge in [-0.2, -0.15) is 0 Å². The monoisotopic (exact) mass is 377 g/mol. The molecule has 0 aliphatic carbocycles. The summed E-state index contributed by atoms with van der Waals surface area (Å²) in [6, 6.07) is 14.6. The molecule has 5 nitrogen and oxygen atoms in total. The average molecular weight is 377 g/mol. The lowest BCUT2D eigenvalue weighted by molar-refractivity contribution is -0.132.